The summed E-state index contributed by atoms with van der Waals surface area (Å²) in [5, 5.41) is 2.35. The molecule has 0 bridgehead atoms. The molecule has 114 valence electrons. The van der Waals surface area contributed by atoms with E-state index >= 15 is 0 Å². The third-order valence-corrected chi connectivity index (χ3v) is 4.44. The summed E-state index contributed by atoms with van der Waals surface area (Å²) in [7, 11) is 0. The molecule has 1 nitrogen and oxygen atoms in total. The highest BCUT2D eigenvalue weighted by Gasteiger charge is 2.26. The fourth-order valence-electron chi connectivity index (χ4n) is 1.84. The van der Waals surface area contributed by atoms with Gasteiger partial charge in [-0.05, 0) is 25.5 Å². The van der Waals surface area contributed by atoms with Crippen molar-refractivity contribution in [3.05, 3.63) is 51.0 Å². The molecular formula is C14H12F5NS. The Hall–Kier alpha value is -1.63. The third-order valence-electron chi connectivity index (χ3n) is 3.03. The van der Waals surface area contributed by atoms with Gasteiger partial charge in [0.05, 0.1) is 6.04 Å². The van der Waals surface area contributed by atoms with E-state index in [4.69, 9.17) is 0 Å². The van der Waals surface area contributed by atoms with Crippen LogP contribution in [0.1, 0.15) is 29.6 Å². The molecule has 7 heteroatoms. The molecule has 2 rings (SSSR count). The van der Waals surface area contributed by atoms with Crippen LogP contribution in [0.15, 0.2) is 12.1 Å². The van der Waals surface area contributed by atoms with Crippen molar-refractivity contribution in [1.82, 2.24) is 0 Å². The smallest absolute Gasteiger partial charge is 0.200 e. The van der Waals surface area contributed by atoms with Crippen molar-refractivity contribution in [2.45, 2.75) is 26.3 Å². The highest BCUT2D eigenvalue weighted by Crippen LogP contribution is 2.32. The van der Waals surface area contributed by atoms with Crippen molar-refractivity contribution >= 4 is 17.0 Å². The van der Waals surface area contributed by atoms with Crippen molar-refractivity contribution in [2.75, 3.05) is 5.32 Å². The first-order valence-electron chi connectivity index (χ1n) is 6.23. The van der Waals surface area contributed by atoms with Gasteiger partial charge in [-0.15, -0.1) is 11.3 Å². The van der Waals surface area contributed by atoms with Crippen LogP contribution < -0.4 is 5.32 Å². The van der Waals surface area contributed by atoms with Crippen molar-refractivity contribution in [3.8, 4) is 0 Å². The number of hydrogen-bond donors (Lipinski definition) is 1. The van der Waals surface area contributed by atoms with E-state index in [0.717, 1.165) is 16.2 Å². The Kier molecular flexibility index (Phi) is 4.51. The van der Waals surface area contributed by atoms with Gasteiger partial charge in [0.2, 0.25) is 5.82 Å². The van der Waals surface area contributed by atoms with Crippen LogP contribution in [0.5, 0.6) is 0 Å². The lowest BCUT2D eigenvalue weighted by molar-refractivity contribution is 0.381. The van der Waals surface area contributed by atoms with E-state index < -0.39 is 40.8 Å². The second-order valence-electron chi connectivity index (χ2n) is 4.47. The summed E-state index contributed by atoms with van der Waals surface area (Å²) in [4.78, 5) is 1.81. The molecule has 1 aromatic carbocycles. The van der Waals surface area contributed by atoms with E-state index in [2.05, 4.69) is 5.32 Å². The van der Waals surface area contributed by atoms with Crippen LogP contribution >= 0.6 is 11.3 Å². The summed E-state index contributed by atoms with van der Waals surface area (Å²) >= 11 is 1.41. The lowest BCUT2D eigenvalue weighted by Crippen LogP contribution is -2.12. The van der Waals surface area contributed by atoms with E-state index in [0.29, 0.717) is 0 Å². The first-order valence-corrected chi connectivity index (χ1v) is 7.05. The summed E-state index contributed by atoms with van der Waals surface area (Å²) in [6.45, 7) is 3.54. The zero-order chi connectivity index (χ0) is 15.7. The minimum Gasteiger partial charge on any atom is -0.373 e. The van der Waals surface area contributed by atoms with Gasteiger partial charge in [-0.2, -0.15) is 0 Å². The van der Waals surface area contributed by atoms with Gasteiger partial charge < -0.3 is 5.32 Å². The maximum Gasteiger partial charge on any atom is 0.200 e. The maximum atomic E-state index is 13.6. The number of thiophene rings is 1. The van der Waals surface area contributed by atoms with Crippen molar-refractivity contribution in [1.29, 1.82) is 0 Å². The standard InChI is InChI=1S/C14H12F5NS/c1-3-7-4-5-8(21-7)6(2)20-14-12(18)10(16)9(15)11(17)13(14)19/h4-6,20H,3H2,1-2H3. The third kappa shape index (κ3) is 2.88. The largest absolute Gasteiger partial charge is 0.373 e. The molecular weight excluding hydrogens is 309 g/mol. The van der Waals surface area contributed by atoms with Crippen molar-refractivity contribution < 1.29 is 22.0 Å². The molecule has 0 amide bonds. The quantitative estimate of drug-likeness (QED) is 0.465. The predicted octanol–water partition coefficient (Wildman–Crippen LogP) is 5.18. The van der Waals surface area contributed by atoms with Crippen LogP contribution in [0.4, 0.5) is 27.6 Å². The van der Waals surface area contributed by atoms with E-state index in [1.54, 1.807) is 13.0 Å². The molecule has 0 aliphatic heterocycles. The number of nitrogens with one attached hydrogen (secondary N) is 1. The molecule has 2 aromatic rings. The molecule has 0 aliphatic carbocycles. The maximum absolute atomic E-state index is 13.6. The van der Waals surface area contributed by atoms with Gasteiger partial charge >= 0.3 is 0 Å². The van der Waals surface area contributed by atoms with E-state index in [1.165, 1.54) is 11.3 Å². The molecule has 1 heterocycles. The van der Waals surface area contributed by atoms with Crippen LogP contribution in [-0.4, -0.2) is 0 Å². The molecule has 21 heavy (non-hydrogen) atoms. The van der Waals surface area contributed by atoms with Crippen LogP contribution in [-0.2, 0) is 6.42 Å². The van der Waals surface area contributed by atoms with Crippen LogP contribution in [0.25, 0.3) is 0 Å². The van der Waals surface area contributed by atoms with Crippen molar-refractivity contribution in [2.24, 2.45) is 0 Å². The van der Waals surface area contributed by atoms with Gasteiger partial charge in [0.25, 0.3) is 0 Å². The molecule has 1 atom stereocenters. The molecule has 1 N–H and O–H groups in total. The number of anilines is 1. The molecule has 0 saturated carbocycles. The second kappa shape index (κ2) is 6.01. The van der Waals surface area contributed by atoms with Gasteiger partial charge in [-0.3, -0.25) is 0 Å². The van der Waals surface area contributed by atoms with E-state index in [-0.39, 0.29) is 0 Å². The van der Waals surface area contributed by atoms with Gasteiger partial charge in [0.15, 0.2) is 23.3 Å². The highest BCUT2D eigenvalue weighted by atomic mass is 32.1. The Morgan fingerprint density at radius 3 is 1.95 bits per heavy atom. The zero-order valence-corrected chi connectivity index (χ0v) is 12.1. The SMILES string of the molecule is CCc1ccc(C(C)Nc2c(F)c(F)c(F)c(F)c2F)s1. The van der Waals surface area contributed by atoms with Gasteiger partial charge in [0.1, 0.15) is 5.69 Å². The number of halogens is 5. The van der Waals surface area contributed by atoms with Gasteiger partial charge in [-0.25, -0.2) is 22.0 Å². The number of aryl methyl sites for hydroxylation is 1. The Morgan fingerprint density at radius 1 is 0.952 bits per heavy atom. The molecule has 0 radical (unpaired) electrons. The van der Waals surface area contributed by atoms with Crippen LogP contribution in [0, 0.1) is 29.1 Å². The predicted molar refractivity (Wildman–Crippen MR) is 72.0 cm³/mol. The van der Waals surface area contributed by atoms with Crippen molar-refractivity contribution in [3.63, 3.8) is 0 Å². The Balaban J connectivity index is 2.35. The minimum atomic E-state index is -2.16. The number of rotatable bonds is 4. The first kappa shape index (κ1) is 15.8. The summed E-state index contributed by atoms with van der Waals surface area (Å²) in [5.41, 5.74) is -1.01. The minimum absolute atomic E-state index is 0.580. The lowest BCUT2D eigenvalue weighted by atomic mass is 10.2. The Bertz CT molecular complexity index is 639. The molecule has 0 fully saturated rings. The second-order valence-corrected chi connectivity index (χ2v) is 5.67. The molecule has 0 saturated heterocycles. The molecule has 0 spiro atoms. The summed E-state index contributed by atoms with van der Waals surface area (Å²) < 4.78 is 66.3. The summed E-state index contributed by atoms with van der Waals surface area (Å²) in [6, 6.07) is 3.03. The molecule has 1 aromatic heterocycles. The highest BCUT2D eigenvalue weighted by molar-refractivity contribution is 7.12. The summed E-state index contributed by atoms with van der Waals surface area (Å²) in [6.07, 6.45) is 0.805. The fourth-order valence-corrected chi connectivity index (χ4v) is 2.79. The monoisotopic (exact) mass is 321 g/mol. The Morgan fingerprint density at radius 2 is 1.48 bits per heavy atom. The first-order chi connectivity index (χ1) is 9.86. The van der Waals surface area contributed by atoms with Gasteiger partial charge in [0, 0.05) is 9.75 Å². The van der Waals surface area contributed by atoms with Crippen LogP contribution in [0.3, 0.4) is 0 Å². The normalized spacial score (nSPS) is 12.5. The van der Waals surface area contributed by atoms with Gasteiger partial charge in [-0.1, -0.05) is 6.92 Å². The average Bonchev–Trinajstić information content (AvgIpc) is 2.96. The zero-order valence-electron chi connectivity index (χ0n) is 11.2. The topological polar surface area (TPSA) is 12.0 Å². The number of hydrogen-bond acceptors (Lipinski definition) is 2. The Labute approximate surface area is 122 Å². The number of benzene rings is 1. The summed E-state index contributed by atoms with van der Waals surface area (Å²) in [5.74, 6) is -9.78. The fraction of sp³-hybridized carbons (Fsp3) is 0.286. The van der Waals surface area contributed by atoms with Crippen LogP contribution in [0.2, 0.25) is 0 Å². The van der Waals surface area contributed by atoms with E-state index in [9.17, 15) is 22.0 Å². The molecule has 1 unspecified atom stereocenters. The average molecular weight is 321 g/mol. The van der Waals surface area contributed by atoms with E-state index in [1.807, 2.05) is 13.0 Å². The lowest BCUT2D eigenvalue weighted by Gasteiger charge is -2.16. The molecule has 0 aliphatic rings.